The van der Waals surface area contributed by atoms with E-state index in [1.165, 1.54) is 6.39 Å². The van der Waals surface area contributed by atoms with Crippen molar-refractivity contribution in [2.24, 2.45) is 0 Å². The van der Waals surface area contributed by atoms with Crippen LogP contribution in [0.2, 0.25) is 0 Å². The summed E-state index contributed by atoms with van der Waals surface area (Å²) in [5.41, 5.74) is 4.10. The molecule has 0 bridgehead atoms. The average Bonchev–Trinajstić information content (AvgIpc) is 3.10. The van der Waals surface area contributed by atoms with Gasteiger partial charge < -0.3 is 14.5 Å². The van der Waals surface area contributed by atoms with Crippen molar-refractivity contribution in [2.45, 2.75) is 13.8 Å². The highest BCUT2D eigenvalue weighted by atomic mass is 16.5. The van der Waals surface area contributed by atoms with Crippen molar-refractivity contribution in [3.8, 4) is 11.8 Å². The molecule has 1 amide bonds. The summed E-state index contributed by atoms with van der Waals surface area (Å²) >= 11 is 0. The van der Waals surface area contributed by atoms with Gasteiger partial charge in [-0.25, -0.2) is 15.0 Å². The number of amides is 1. The molecule has 0 spiro atoms. The van der Waals surface area contributed by atoms with Gasteiger partial charge in [0.05, 0.1) is 0 Å². The number of nitrogens with zero attached hydrogens (tertiary/aromatic N) is 3. The highest BCUT2D eigenvalue weighted by Gasteiger charge is 2.09. The van der Waals surface area contributed by atoms with E-state index in [1.54, 1.807) is 42.5 Å². The minimum Gasteiger partial charge on any atom is -0.443 e. The van der Waals surface area contributed by atoms with Crippen LogP contribution in [0.15, 0.2) is 59.3 Å². The van der Waals surface area contributed by atoms with Crippen molar-refractivity contribution in [1.82, 2.24) is 15.0 Å². The van der Waals surface area contributed by atoms with Crippen LogP contribution >= 0.6 is 0 Å². The molecule has 0 fully saturated rings. The number of hydrogen-bond acceptors (Lipinski definition) is 6. The number of ether oxygens (including phenoxy) is 1. The van der Waals surface area contributed by atoms with Crippen LogP contribution < -0.4 is 10.1 Å². The predicted octanol–water partition coefficient (Wildman–Crippen LogP) is 4.28. The number of anilines is 1. The Kier molecular flexibility index (Phi) is 4.25. The lowest BCUT2D eigenvalue weighted by atomic mass is 10.2. The summed E-state index contributed by atoms with van der Waals surface area (Å²) in [6.45, 7) is 3.77. The van der Waals surface area contributed by atoms with Gasteiger partial charge in [-0.1, -0.05) is 0 Å². The lowest BCUT2D eigenvalue weighted by Gasteiger charge is -2.08. The summed E-state index contributed by atoms with van der Waals surface area (Å²) < 4.78 is 10.9. The average molecular weight is 360 g/mol. The Hall–Kier alpha value is -3.74. The molecule has 4 rings (SSSR count). The Balaban J connectivity index is 1.46. The number of rotatable bonds is 4. The summed E-state index contributed by atoms with van der Waals surface area (Å²) in [6.07, 6.45) is 1.35. The maximum Gasteiger partial charge on any atom is 0.322 e. The molecule has 1 N–H and O–H groups in total. The van der Waals surface area contributed by atoms with Crippen LogP contribution in [-0.4, -0.2) is 20.9 Å². The fourth-order valence-electron chi connectivity index (χ4n) is 2.65. The molecule has 134 valence electrons. The van der Waals surface area contributed by atoms with E-state index >= 15 is 0 Å². The molecule has 0 atom stereocenters. The number of aryl methyl sites for hydroxylation is 2. The second-order valence-corrected chi connectivity index (χ2v) is 6.05. The zero-order chi connectivity index (χ0) is 18.8. The van der Waals surface area contributed by atoms with E-state index < -0.39 is 0 Å². The molecule has 2 aromatic heterocycles. The number of carbonyl (C=O) groups excluding carboxylic acids is 1. The highest BCUT2D eigenvalue weighted by molar-refractivity contribution is 6.05. The smallest absolute Gasteiger partial charge is 0.322 e. The molecule has 2 aromatic carbocycles. The minimum absolute atomic E-state index is 0.230. The molecule has 0 aliphatic heterocycles. The molecule has 7 nitrogen and oxygen atoms in total. The third-order valence-electron chi connectivity index (χ3n) is 3.88. The number of fused-ring (bicyclic) bond motifs is 1. The molecule has 7 heteroatoms. The third-order valence-corrected chi connectivity index (χ3v) is 3.88. The van der Waals surface area contributed by atoms with Gasteiger partial charge >= 0.3 is 6.01 Å². The number of benzene rings is 2. The molecule has 0 radical (unpaired) electrons. The second-order valence-electron chi connectivity index (χ2n) is 6.05. The van der Waals surface area contributed by atoms with Crippen molar-refractivity contribution < 1.29 is 13.9 Å². The molecule has 0 aliphatic rings. The maximum absolute atomic E-state index is 12.4. The van der Waals surface area contributed by atoms with Crippen molar-refractivity contribution in [3.63, 3.8) is 0 Å². The Bertz CT molecular complexity index is 1100. The van der Waals surface area contributed by atoms with Crippen LogP contribution in [0.25, 0.3) is 11.1 Å². The highest BCUT2D eigenvalue weighted by Crippen LogP contribution is 2.22. The quantitative estimate of drug-likeness (QED) is 0.584. The molecule has 0 saturated carbocycles. The Morgan fingerprint density at radius 3 is 2.48 bits per heavy atom. The molecular weight excluding hydrogens is 344 g/mol. The van der Waals surface area contributed by atoms with Crippen LogP contribution in [0.4, 0.5) is 5.69 Å². The lowest BCUT2D eigenvalue weighted by molar-refractivity contribution is 0.102. The number of carbonyl (C=O) groups is 1. The van der Waals surface area contributed by atoms with Gasteiger partial charge in [-0.15, -0.1) is 0 Å². The molecule has 27 heavy (non-hydrogen) atoms. The first-order chi connectivity index (χ1) is 13.1. The lowest BCUT2D eigenvalue weighted by Crippen LogP contribution is -2.11. The van der Waals surface area contributed by atoms with Crippen molar-refractivity contribution in [3.05, 3.63) is 71.9 Å². The molecular formula is C20H16N4O3. The number of oxazole rings is 1. The normalized spacial score (nSPS) is 10.7. The summed E-state index contributed by atoms with van der Waals surface area (Å²) in [6, 6.07) is 14.3. The van der Waals surface area contributed by atoms with Crippen LogP contribution in [-0.2, 0) is 0 Å². The second kappa shape index (κ2) is 6.87. The molecule has 0 unspecified atom stereocenters. The van der Waals surface area contributed by atoms with Crippen LogP contribution in [0, 0.1) is 13.8 Å². The first kappa shape index (κ1) is 16.7. The Labute approximate surface area is 155 Å². The van der Waals surface area contributed by atoms with Crippen molar-refractivity contribution >= 4 is 22.7 Å². The van der Waals surface area contributed by atoms with Gasteiger partial charge in [-0.05, 0) is 62.4 Å². The monoisotopic (exact) mass is 360 g/mol. The van der Waals surface area contributed by atoms with Crippen LogP contribution in [0.5, 0.6) is 11.8 Å². The fourth-order valence-corrected chi connectivity index (χ4v) is 2.65. The molecule has 0 saturated heterocycles. The van der Waals surface area contributed by atoms with E-state index in [2.05, 4.69) is 20.3 Å². The van der Waals surface area contributed by atoms with E-state index in [4.69, 9.17) is 9.15 Å². The Morgan fingerprint density at radius 2 is 1.74 bits per heavy atom. The van der Waals surface area contributed by atoms with E-state index in [-0.39, 0.29) is 5.91 Å². The van der Waals surface area contributed by atoms with Crippen LogP contribution in [0.1, 0.15) is 21.7 Å². The topological polar surface area (TPSA) is 90.1 Å². The predicted molar refractivity (Wildman–Crippen MR) is 100.0 cm³/mol. The maximum atomic E-state index is 12.4. The van der Waals surface area contributed by atoms with Gasteiger partial charge in [0.15, 0.2) is 12.0 Å². The van der Waals surface area contributed by atoms with Gasteiger partial charge in [-0.3, -0.25) is 4.79 Å². The zero-order valence-corrected chi connectivity index (χ0v) is 14.8. The van der Waals surface area contributed by atoms with Gasteiger partial charge in [-0.2, -0.15) is 0 Å². The van der Waals surface area contributed by atoms with E-state index in [0.717, 1.165) is 11.4 Å². The van der Waals surface area contributed by atoms with Crippen molar-refractivity contribution in [1.29, 1.82) is 0 Å². The van der Waals surface area contributed by atoms with E-state index in [9.17, 15) is 4.79 Å². The van der Waals surface area contributed by atoms with Crippen molar-refractivity contribution in [2.75, 3.05) is 5.32 Å². The number of hydrogen-bond donors (Lipinski definition) is 1. The minimum atomic E-state index is -0.230. The zero-order valence-electron chi connectivity index (χ0n) is 14.8. The standard InChI is InChI=1S/C20H16N4O3/c1-12-9-13(2)23-20(22-12)27-16-6-4-15(5-7-16)24-19(25)14-3-8-18-17(10-14)21-11-26-18/h3-11H,1-2H3,(H,24,25). The number of aromatic nitrogens is 3. The first-order valence-corrected chi connectivity index (χ1v) is 8.32. The Morgan fingerprint density at radius 1 is 1.00 bits per heavy atom. The first-order valence-electron chi connectivity index (χ1n) is 8.32. The van der Waals surface area contributed by atoms with Gasteiger partial charge in [0.25, 0.3) is 5.91 Å². The van der Waals surface area contributed by atoms with Gasteiger partial charge in [0.2, 0.25) is 0 Å². The molecule has 2 heterocycles. The summed E-state index contributed by atoms with van der Waals surface area (Å²) in [5, 5.41) is 2.84. The van der Waals surface area contributed by atoms with Gasteiger partial charge in [0.1, 0.15) is 11.3 Å². The number of nitrogens with one attached hydrogen (secondary N) is 1. The van der Waals surface area contributed by atoms with Crippen LogP contribution in [0.3, 0.4) is 0 Å². The largest absolute Gasteiger partial charge is 0.443 e. The van der Waals surface area contributed by atoms with Gasteiger partial charge in [0, 0.05) is 22.6 Å². The van der Waals surface area contributed by atoms with E-state index in [1.807, 2.05) is 19.9 Å². The van der Waals surface area contributed by atoms with E-state index in [0.29, 0.717) is 34.1 Å². The SMILES string of the molecule is Cc1cc(C)nc(Oc2ccc(NC(=O)c3ccc4ocnc4c3)cc2)n1. The molecule has 0 aliphatic carbocycles. The molecule has 4 aromatic rings. The third kappa shape index (κ3) is 3.77. The summed E-state index contributed by atoms with van der Waals surface area (Å²) in [5.74, 6) is 0.355. The fraction of sp³-hybridized carbons (Fsp3) is 0.100. The summed E-state index contributed by atoms with van der Waals surface area (Å²) in [7, 11) is 0. The summed E-state index contributed by atoms with van der Waals surface area (Å²) in [4.78, 5) is 25.0.